The summed E-state index contributed by atoms with van der Waals surface area (Å²) in [6.07, 6.45) is 8.93. The van der Waals surface area contributed by atoms with E-state index in [2.05, 4.69) is 69.7 Å². The Morgan fingerprint density at radius 2 is 1.74 bits per heavy atom. The van der Waals surface area contributed by atoms with Gasteiger partial charge in [-0.2, -0.15) is 5.06 Å². The molecular formula is C21H33NO. The highest BCUT2D eigenvalue weighted by atomic mass is 16.7. The average molecular weight is 316 g/mol. The number of piperidine rings is 1. The molecule has 1 aromatic rings. The Bertz CT molecular complexity index is 476. The van der Waals surface area contributed by atoms with E-state index in [1.54, 1.807) is 0 Å². The number of hydroxylamine groups is 2. The number of unbranched alkanes of at least 4 members (excludes halogenated alkanes) is 1. The minimum absolute atomic E-state index is 0.0766. The van der Waals surface area contributed by atoms with Gasteiger partial charge in [-0.15, -0.1) is 6.58 Å². The smallest absolute Gasteiger partial charge is 0.104 e. The fourth-order valence-corrected chi connectivity index (χ4v) is 3.78. The van der Waals surface area contributed by atoms with Crippen molar-refractivity contribution in [1.29, 1.82) is 0 Å². The van der Waals surface area contributed by atoms with Gasteiger partial charge in [0.05, 0.1) is 0 Å². The first kappa shape index (κ1) is 18.2. The summed E-state index contributed by atoms with van der Waals surface area (Å²) in [5, 5.41) is 2.29. The highest BCUT2D eigenvalue weighted by molar-refractivity contribution is 5.17. The molecule has 1 aliphatic rings. The van der Waals surface area contributed by atoms with Crippen LogP contribution in [0.1, 0.15) is 77.9 Å². The summed E-state index contributed by atoms with van der Waals surface area (Å²) in [5.41, 5.74) is 1.43. The zero-order valence-electron chi connectivity index (χ0n) is 15.3. The average Bonchev–Trinajstić information content (AvgIpc) is 2.49. The molecule has 1 aliphatic heterocycles. The molecule has 2 heteroatoms. The molecule has 0 spiro atoms. The Morgan fingerprint density at radius 1 is 1.13 bits per heavy atom. The monoisotopic (exact) mass is 315 g/mol. The number of nitrogens with zero attached hydrogens (tertiary/aromatic N) is 1. The Morgan fingerprint density at radius 3 is 2.30 bits per heavy atom. The second-order valence-electron chi connectivity index (χ2n) is 8.00. The Hall–Kier alpha value is -1.12. The molecule has 2 nitrogen and oxygen atoms in total. The van der Waals surface area contributed by atoms with Gasteiger partial charge >= 0.3 is 0 Å². The molecule has 1 heterocycles. The molecule has 0 radical (unpaired) electrons. The van der Waals surface area contributed by atoms with E-state index in [-0.39, 0.29) is 17.2 Å². The molecule has 0 aliphatic carbocycles. The quantitative estimate of drug-likeness (QED) is 0.448. The zero-order chi connectivity index (χ0) is 16.9. The van der Waals surface area contributed by atoms with Gasteiger partial charge in [0.15, 0.2) is 0 Å². The van der Waals surface area contributed by atoms with E-state index < -0.39 is 0 Å². The van der Waals surface area contributed by atoms with E-state index in [1.165, 1.54) is 24.8 Å². The topological polar surface area (TPSA) is 12.5 Å². The summed E-state index contributed by atoms with van der Waals surface area (Å²) >= 11 is 0. The van der Waals surface area contributed by atoms with Crippen LogP contribution in [0.15, 0.2) is 43.0 Å². The lowest BCUT2D eigenvalue weighted by Gasteiger charge is -2.52. The Balaban J connectivity index is 2.19. The first-order chi connectivity index (χ1) is 10.9. The minimum Gasteiger partial charge on any atom is -0.290 e. The van der Waals surface area contributed by atoms with Crippen molar-refractivity contribution in [1.82, 2.24) is 5.06 Å². The van der Waals surface area contributed by atoms with Gasteiger partial charge in [-0.1, -0.05) is 36.4 Å². The van der Waals surface area contributed by atoms with E-state index in [0.717, 1.165) is 19.3 Å². The summed E-state index contributed by atoms with van der Waals surface area (Å²) in [4.78, 5) is 6.65. The SMILES string of the molecule is C=CCCCC(ON1C(C)(C)CCCC1(C)C)c1ccccc1. The molecule has 0 N–H and O–H groups in total. The summed E-state index contributed by atoms with van der Waals surface area (Å²) in [6.45, 7) is 13.1. The molecule has 2 rings (SSSR count). The summed E-state index contributed by atoms with van der Waals surface area (Å²) in [6, 6.07) is 10.6. The van der Waals surface area contributed by atoms with Crippen molar-refractivity contribution in [2.45, 2.75) is 83.4 Å². The van der Waals surface area contributed by atoms with Gasteiger partial charge in [0.1, 0.15) is 6.10 Å². The van der Waals surface area contributed by atoms with Gasteiger partial charge in [-0.25, -0.2) is 0 Å². The lowest BCUT2D eigenvalue weighted by Crippen LogP contribution is -2.58. The summed E-state index contributed by atoms with van der Waals surface area (Å²) in [7, 11) is 0. The van der Waals surface area contributed by atoms with E-state index in [0.29, 0.717) is 0 Å². The largest absolute Gasteiger partial charge is 0.290 e. The lowest BCUT2D eigenvalue weighted by molar-refractivity contribution is -0.308. The van der Waals surface area contributed by atoms with Crippen molar-refractivity contribution >= 4 is 0 Å². The van der Waals surface area contributed by atoms with Gasteiger partial charge in [0.2, 0.25) is 0 Å². The molecule has 1 atom stereocenters. The molecule has 0 amide bonds. The van der Waals surface area contributed by atoms with Crippen LogP contribution in [-0.2, 0) is 4.84 Å². The van der Waals surface area contributed by atoms with Crippen LogP contribution in [0.25, 0.3) is 0 Å². The molecule has 1 saturated heterocycles. The molecule has 1 unspecified atom stereocenters. The standard InChI is InChI=1S/C21H33NO/c1-6-7-9-15-19(18-13-10-8-11-14-18)23-22-20(2,3)16-12-17-21(22,4)5/h6,8,10-11,13-14,19H,1,7,9,12,15-17H2,2-5H3. The number of hydrogen-bond acceptors (Lipinski definition) is 2. The van der Waals surface area contributed by atoms with Crippen LogP contribution >= 0.6 is 0 Å². The number of hydrogen-bond donors (Lipinski definition) is 0. The predicted molar refractivity (Wildman–Crippen MR) is 98.2 cm³/mol. The van der Waals surface area contributed by atoms with E-state index in [4.69, 9.17) is 4.84 Å². The Labute approximate surface area is 142 Å². The third-order valence-corrected chi connectivity index (χ3v) is 4.96. The first-order valence-electron chi connectivity index (χ1n) is 9.00. The molecule has 128 valence electrons. The van der Waals surface area contributed by atoms with Gasteiger partial charge in [-0.05, 0) is 71.8 Å². The molecule has 23 heavy (non-hydrogen) atoms. The van der Waals surface area contributed by atoms with Crippen molar-refractivity contribution in [3.8, 4) is 0 Å². The third kappa shape index (κ3) is 4.68. The molecular weight excluding hydrogens is 282 g/mol. The van der Waals surface area contributed by atoms with Crippen LogP contribution in [0, 0.1) is 0 Å². The van der Waals surface area contributed by atoms with Crippen LogP contribution < -0.4 is 0 Å². The summed E-state index contributed by atoms with van der Waals surface area (Å²) < 4.78 is 0. The number of allylic oxidation sites excluding steroid dienone is 1. The van der Waals surface area contributed by atoms with Crippen LogP contribution in [0.4, 0.5) is 0 Å². The maximum absolute atomic E-state index is 6.65. The fourth-order valence-electron chi connectivity index (χ4n) is 3.78. The normalized spacial score (nSPS) is 21.7. The Kier molecular flexibility index (Phi) is 6.05. The van der Waals surface area contributed by atoms with E-state index in [1.807, 2.05) is 6.08 Å². The van der Waals surface area contributed by atoms with Gasteiger partial charge in [0, 0.05) is 11.1 Å². The highest BCUT2D eigenvalue weighted by Gasteiger charge is 2.43. The van der Waals surface area contributed by atoms with Crippen LogP contribution in [0.3, 0.4) is 0 Å². The van der Waals surface area contributed by atoms with Crippen molar-refractivity contribution in [3.63, 3.8) is 0 Å². The van der Waals surface area contributed by atoms with Crippen LogP contribution in [0.5, 0.6) is 0 Å². The fraction of sp³-hybridized carbons (Fsp3) is 0.619. The van der Waals surface area contributed by atoms with E-state index >= 15 is 0 Å². The molecule has 1 fully saturated rings. The van der Waals surface area contributed by atoms with Gasteiger partial charge in [0.25, 0.3) is 0 Å². The highest BCUT2D eigenvalue weighted by Crippen LogP contribution is 2.41. The predicted octanol–water partition coefficient (Wildman–Crippen LogP) is 6.06. The van der Waals surface area contributed by atoms with Crippen molar-refractivity contribution in [2.24, 2.45) is 0 Å². The summed E-state index contributed by atoms with van der Waals surface area (Å²) in [5.74, 6) is 0. The van der Waals surface area contributed by atoms with Crippen molar-refractivity contribution < 1.29 is 4.84 Å². The molecule has 0 saturated carbocycles. The second kappa shape index (κ2) is 7.63. The maximum atomic E-state index is 6.65. The maximum Gasteiger partial charge on any atom is 0.104 e. The molecule has 1 aromatic carbocycles. The number of benzene rings is 1. The van der Waals surface area contributed by atoms with Crippen molar-refractivity contribution in [2.75, 3.05) is 0 Å². The minimum atomic E-state index is 0.0766. The zero-order valence-corrected chi connectivity index (χ0v) is 15.3. The van der Waals surface area contributed by atoms with Gasteiger partial charge < -0.3 is 0 Å². The number of rotatable bonds is 7. The van der Waals surface area contributed by atoms with Crippen molar-refractivity contribution in [3.05, 3.63) is 48.6 Å². The lowest BCUT2D eigenvalue weighted by atomic mass is 9.82. The first-order valence-corrected chi connectivity index (χ1v) is 9.00. The van der Waals surface area contributed by atoms with Gasteiger partial charge in [-0.3, -0.25) is 4.84 Å². The molecule has 0 aromatic heterocycles. The van der Waals surface area contributed by atoms with E-state index in [9.17, 15) is 0 Å². The second-order valence-corrected chi connectivity index (χ2v) is 8.00. The molecule has 0 bridgehead atoms. The van der Waals surface area contributed by atoms with Crippen LogP contribution in [0.2, 0.25) is 0 Å². The third-order valence-electron chi connectivity index (χ3n) is 4.96. The van der Waals surface area contributed by atoms with Crippen LogP contribution in [-0.4, -0.2) is 16.1 Å².